The van der Waals surface area contributed by atoms with Crippen molar-refractivity contribution in [3.05, 3.63) is 79.7 Å². The van der Waals surface area contributed by atoms with Gasteiger partial charge in [-0.05, 0) is 34.0 Å². The summed E-state index contributed by atoms with van der Waals surface area (Å²) in [6, 6.07) is 10.5. The number of carbonyl (C=O) groups excluding carboxylic acids is 2. The number of aliphatic hydroxyl groups is 4. The van der Waals surface area contributed by atoms with Crippen molar-refractivity contribution in [2.75, 3.05) is 37.7 Å². The molecule has 2 unspecified atom stereocenters. The van der Waals surface area contributed by atoms with Gasteiger partial charge in [-0.1, -0.05) is 82.8 Å². The van der Waals surface area contributed by atoms with Gasteiger partial charge in [-0.3, -0.25) is 9.59 Å². The Hall–Kier alpha value is -3.66. The number of benzene rings is 4. The summed E-state index contributed by atoms with van der Waals surface area (Å²) in [5.41, 5.74) is -0.260. The predicted octanol–water partition coefficient (Wildman–Crippen LogP) is -5.67. The molecule has 0 fully saturated rings. The van der Waals surface area contributed by atoms with Gasteiger partial charge in [0.2, 0.25) is 31.9 Å². The molecule has 0 spiro atoms. The second-order valence-electron chi connectivity index (χ2n) is 17.2. The molecule has 5 heterocycles. The van der Waals surface area contributed by atoms with Crippen LogP contribution in [0, 0.1) is 0 Å². The van der Waals surface area contributed by atoms with Crippen molar-refractivity contribution in [1.29, 1.82) is 0 Å². The van der Waals surface area contributed by atoms with E-state index in [1.165, 1.54) is 30.3 Å². The molecule has 8 bridgehead atoms. The van der Waals surface area contributed by atoms with E-state index in [4.69, 9.17) is 66.3 Å². The molecule has 4 aromatic carbocycles. The zero-order valence-electron chi connectivity index (χ0n) is 42.1. The monoisotopic (exact) mass is 1360 g/mol. The first-order chi connectivity index (χ1) is 37.6. The number of aromatic nitrogens is 8. The molecule has 431 valence electrons. The van der Waals surface area contributed by atoms with Gasteiger partial charge in [0.05, 0.1) is 88.3 Å². The molecule has 2 amide bonds. The number of halogens is 4. The number of carbonyl (C=O) groups is 2. The number of amides is 2. The molecular weight excluding hydrogens is 1330 g/mol. The SMILES string of the molecule is O=C(NCCS(=O)(=O)[O-])C(O)CNS(=O)(=O)c1ccc2c(c1Cl)-c1nc-2nc2[n-]c(nc3nc(nc4[n-]c(n1)c1ccc(CO)c(Cl)c41)-c1ccc(CO)c(Cl)c1-3)c1ccc(S(=O)(=O)NCC(O)C(=O)NCCS(=O)(=O)[O-])c(Cl)c21.[Cu+2].[Na+].[Na+]. The van der Waals surface area contributed by atoms with Crippen LogP contribution in [0.25, 0.3) is 89.7 Å². The van der Waals surface area contributed by atoms with Crippen molar-refractivity contribution in [2.24, 2.45) is 0 Å². The quantitative estimate of drug-likeness (QED) is 0.0293. The molecular formula is C44H34Cl4CuN12Na2O16S4. The fourth-order valence-corrected chi connectivity index (χ4v) is 12.8. The topological polar surface area (TPSA) is 451 Å². The third-order valence-corrected chi connectivity index (χ3v) is 18.2. The molecule has 8 N–H and O–H groups in total. The number of aliphatic hydroxyl groups excluding tert-OH is 4. The third-order valence-electron chi connectivity index (χ3n) is 12.0. The minimum Gasteiger partial charge on any atom is -0.748 e. The van der Waals surface area contributed by atoms with Gasteiger partial charge in [0, 0.05) is 81.8 Å². The summed E-state index contributed by atoms with van der Waals surface area (Å²) >= 11 is 27.8. The average Bonchev–Trinajstić information content (AvgIpc) is 3.98. The molecule has 39 heteroatoms. The van der Waals surface area contributed by atoms with E-state index >= 15 is 0 Å². The van der Waals surface area contributed by atoms with Crippen molar-refractivity contribution in [1.82, 2.24) is 59.9 Å². The average molecular weight is 1370 g/mol. The largest absolute Gasteiger partial charge is 2.00 e. The molecule has 83 heavy (non-hydrogen) atoms. The van der Waals surface area contributed by atoms with Gasteiger partial charge < -0.3 is 70.1 Å². The van der Waals surface area contributed by atoms with Crippen LogP contribution in [0.1, 0.15) is 11.1 Å². The van der Waals surface area contributed by atoms with E-state index < -0.39 is 141 Å². The molecule has 2 aliphatic heterocycles. The first-order valence-corrected chi connectivity index (χ1v) is 30.2. The maximum atomic E-state index is 13.9. The standard InChI is InChI=1S/C44H38Cl4N12O16S4.Cu.2Na/c45-31-17(15-61)1-3-19-27(31)40-54-35(19)53-39-28-20(4-2-18(16-62)32(28)46)36(55-39)57-41-30-22(6-8-26(34(30)48)80(75,76)52-14-24(64)44(66)50-10-12-78(70,71)72)38(59-41)60-42-29-21(37(56-40)58-42)5-7-25(33(29)47)79(73,74)51-13-23(63)43(65)49-9-11-77(67,68)69;;;/h1-8,23-24,51-52,61-64H,9-16H2,(H6,49,50,53,54,55,56,57,58,59,60,65,66,67,68,69,70,71,72);;;/q;+2;2*+1/p-4. The van der Waals surface area contributed by atoms with Gasteiger partial charge in [0.15, 0.2) is 0 Å². The number of nitrogens with zero attached hydrogens (tertiary/aromatic N) is 8. The van der Waals surface area contributed by atoms with Crippen molar-refractivity contribution in [3.63, 3.8) is 0 Å². The molecule has 28 nitrogen and oxygen atoms in total. The van der Waals surface area contributed by atoms with Crippen LogP contribution in [-0.4, -0.2) is 155 Å². The van der Waals surface area contributed by atoms with Gasteiger partial charge in [-0.25, -0.2) is 53.1 Å². The van der Waals surface area contributed by atoms with Crippen LogP contribution in [0.15, 0.2) is 58.3 Å². The van der Waals surface area contributed by atoms with E-state index in [0.717, 1.165) is 12.1 Å². The fourth-order valence-electron chi connectivity index (χ4n) is 8.12. The van der Waals surface area contributed by atoms with Crippen LogP contribution in [-0.2, 0) is 80.2 Å². The maximum absolute atomic E-state index is 13.9. The molecule has 0 aliphatic carbocycles. The van der Waals surface area contributed by atoms with E-state index in [2.05, 4.69) is 19.9 Å². The summed E-state index contributed by atoms with van der Waals surface area (Å²) in [6.07, 6.45) is -4.20. The van der Waals surface area contributed by atoms with Crippen molar-refractivity contribution in [2.45, 2.75) is 35.2 Å². The normalized spacial score (nSPS) is 13.0. The van der Waals surface area contributed by atoms with E-state index in [1.54, 1.807) is 6.07 Å². The number of nitrogens with one attached hydrogen (secondary N) is 4. The van der Waals surface area contributed by atoms with Crippen LogP contribution >= 0.6 is 46.4 Å². The van der Waals surface area contributed by atoms with Gasteiger partial charge in [-0.2, -0.15) is 0 Å². The maximum Gasteiger partial charge on any atom is 2.00 e. The minimum atomic E-state index is -4.81. The molecule has 7 aromatic rings. The van der Waals surface area contributed by atoms with Crippen LogP contribution < -0.4 is 89.2 Å². The van der Waals surface area contributed by atoms with Crippen molar-refractivity contribution in [3.8, 4) is 45.6 Å². The zero-order valence-corrected chi connectivity index (χ0v) is 53.4. The van der Waals surface area contributed by atoms with E-state index in [-0.39, 0.29) is 181 Å². The molecule has 2 atom stereocenters. The Morgan fingerprint density at radius 3 is 1.35 bits per heavy atom. The van der Waals surface area contributed by atoms with E-state index in [9.17, 15) is 72.8 Å². The second kappa shape index (κ2) is 26.8. The molecule has 0 saturated carbocycles. The van der Waals surface area contributed by atoms with Crippen molar-refractivity contribution < 1.29 is 149 Å². The number of hydrogen-bond acceptors (Lipinski definition) is 22. The summed E-state index contributed by atoms with van der Waals surface area (Å²) in [4.78, 5) is 61.1. The Kier molecular flexibility index (Phi) is 22.1. The van der Waals surface area contributed by atoms with Gasteiger partial charge in [-0.15, -0.1) is 0 Å². The van der Waals surface area contributed by atoms with Crippen LogP contribution in [0.3, 0.4) is 0 Å². The Balaban J connectivity index is 0.00000369. The summed E-state index contributed by atoms with van der Waals surface area (Å²) in [5, 5.41) is 44.4. The van der Waals surface area contributed by atoms with Gasteiger partial charge >= 0.3 is 76.2 Å². The van der Waals surface area contributed by atoms with Crippen LogP contribution in [0.2, 0.25) is 20.1 Å². The Morgan fingerprint density at radius 1 is 0.518 bits per heavy atom. The molecule has 1 radical (unpaired) electrons. The Morgan fingerprint density at radius 2 is 0.892 bits per heavy atom. The predicted molar refractivity (Wildman–Crippen MR) is 283 cm³/mol. The Labute approximate surface area is 544 Å². The molecule has 9 rings (SSSR count). The van der Waals surface area contributed by atoms with Crippen LogP contribution in [0.5, 0.6) is 0 Å². The fraction of sp³-hybridized carbons (Fsp3) is 0.227. The first kappa shape index (κ1) is 68.5. The number of rotatable bonds is 18. The van der Waals surface area contributed by atoms with E-state index in [1.807, 2.05) is 20.1 Å². The third kappa shape index (κ3) is 14.4. The van der Waals surface area contributed by atoms with Crippen molar-refractivity contribution >= 4 is 143 Å². The minimum absolute atomic E-state index is 0. The summed E-state index contributed by atoms with van der Waals surface area (Å²) in [7, 11) is -19.1. The van der Waals surface area contributed by atoms with E-state index in [0.29, 0.717) is 0 Å². The van der Waals surface area contributed by atoms with Gasteiger partial charge in [0.1, 0.15) is 22.0 Å². The summed E-state index contributed by atoms with van der Waals surface area (Å²) in [5.74, 6) is -5.38. The summed E-state index contributed by atoms with van der Waals surface area (Å²) < 4.78 is 126. The molecule has 0 saturated heterocycles. The number of sulfonamides is 2. The summed E-state index contributed by atoms with van der Waals surface area (Å²) in [6.45, 7) is -4.39. The smallest absolute Gasteiger partial charge is 0.748 e. The number of fused-ring (bicyclic) bond motifs is 20. The molecule has 3 aromatic heterocycles. The first-order valence-electron chi connectivity index (χ1n) is 22.6. The Bertz CT molecular complexity index is 4460. The van der Waals surface area contributed by atoms with Crippen LogP contribution in [0.4, 0.5) is 0 Å². The van der Waals surface area contributed by atoms with Gasteiger partial charge in [0.25, 0.3) is 0 Å². The zero-order chi connectivity index (χ0) is 58.0. The second-order valence-corrected chi connectivity index (χ2v) is 25.2. The molecule has 2 aliphatic rings. The number of hydrogen-bond donors (Lipinski definition) is 8.